The number of carbonyl (C=O) groups excluding carboxylic acids is 2. The van der Waals surface area contributed by atoms with Crippen molar-refractivity contribution in [2.24, 2.45) is 34.0 Å². The summed E-state index contributed by atoms with van der Waals surface area (Å²) in [5, 5.41) is 4.12. The van der Waals surface area contributed by atoms with Gasteiger partial charge in [-0.25, -0.2) is 5.43 Å². The van der Waals surface area contributed by atoms with Crippen LogP contribution in [0.3, 0.4) is 0 Å². The summed E-state index contributed by atoms with van der Waals surface area (Å²) >= 11 is 0. The van der Waals surface area contributed by atoms with Gasteiger partial charge in [-0.15, -0.1) is 0 Å². The molecule has 0 saturated heterocycles. The van der Waals surface area contributed by atoms with Crippen LogP contribution in [0, 0.1) is 23.2 Å². The van der Waals surface area contributed by atoms with E-state index in [9.17, 15) is 9.59 Å². The van der Waals surface area contributed by atoms with Crippen LogP contribution in [-0.4, -0.2) is 31.7 Å². The highest BCUT2D eigenvalue weighted by molar-refractivity contribution is 5.83. The molecule has 0 spiro atoms. The van der Waals surface area contributed by atoms with Crippen molar-refractivity contribution in [1.29, 1.82) is 0 Å². The van der Waals surface area contributed by atoms with Crippen molar-refractivity contribution in [3.8, 4) is 11.5 Å². The molecule has 7 heteroatoms. The van der Waals surface area contributed by atoms with Crippen molar-refractivity contribution in [2.75, 3.05) is 13.7 Å². The number of primary amides is 1. The molecule has 0 atom stereocenters. The highest BCUT2D eigenvalue weighted by Gasteiger charge is 2.51. The number of nitrogens with zero attached hydrogens (tertiary/aromatic N) is 1. The van der Waals surface area contributed by atoms with E-state index in [0.717, 1.165) is 23.3 Å². The van der Waals surface area contributed by atoms with E-state index in [1.54, 1.807) is 24.4 Å². The Hall–Kier alpha value is -2.57. The number of nitrogens with two attached hydrogens (primary N) is 1. The first kappa shape index (κ1) is 19.7. The third-order valence-electron chi connectivity index (χ3n) is 6.66. The molecule has 29 heavy (non-hydrogen) atoms. The van der Waals surface area contributed by atoms with Crippen LogP contribution in [0.15, 0.2) is 23.3 Å². The zero-order chi connectivity index (χ0) is 20.4. The predicted octanol–water partition coefficient (Wildman–Crippen LogP) is 2.62. The molecule has 2 amide bonds. The van der Waals surface area contributed by atoms with E-state index in [2.05, 4.69) is 10.5 Å². The molecule has 4 aliphatic rings. The summed E-state index contributed by atoms with van der Waals surface area (Å²) < 4.78 is 10.6. The zero-order valence-corrected chi connectivity index (χ0v) is 16.9. The molecule has 1 aromatic carbocycles. The minimum absolute atomic E-state index is 0.00317. The molecule has 3 N–H and O–H groups in total. The maximum Gasteiger partial charge on any atom is 0.255 e. The summed E-state index contributed by atoms with van der Waals surface area (Å²) in [7, 11) is 1.51. The largest absolute Gasteiger partial charge is 0.493 e. The number of nitrogens with one attached hydrogen (secondary N) is 1. The van der Waals surface area contributed by atoms with Crippen LogP contribution < -0.4 is 20.6 Å². The van der Waals surface area contributed by atoms with Gasteiger partial charge in [0.25, 0.3) is 5.91 Å². The predicted molar refractivity (Wildman–Crippen MR) is 109 cm³/mol. The maximum absolute atomic E-state index is 12.5. The van der Waals surface area contributed by atoms with Gasteiger partial charge >= 0.3 is 0 Å². The van der Waals surface area contributed by atoms with Gasteiger partial charge in [0, 0.05) is 6.42 Å². The molecule has 4 bridgehead atoms. The Labute approximate surface area is 171 Å². The number of rotatable bonds is 8. The van der Waals surface area contributed by atoms with E-state index >= 15 is 0 Å². The number of hydrogen-bond donors (Lipinski definition) is 2. The van der Waals surface area contributed by atoms with E-state index in [-0.39, 0.29) is 17.9 Å². The average molecular weight is 399 g/mol. The topological polar surface area (TPSA) is 103 Å². The van der Waals surface area contributed by atoms with Gasteiger partial charge in [-0.1, -0.05) is 0 Å². The molecule has 156 valence electrons. The second-order valence-corrected chi connectivity index (χ2v) is 9.05. The number of methoxy groups -OCH3 is 1. The Morgan fingerprint density at radius 3 is 2.41 bits per heavy atom. The number of carbonyl (C=O) groups is 2. The second-order valence-electron chi connectivity index (χ2n) is 9.05. The van der Waals surface area contributed by atoms with Gasteiger partial charge in [-0.2, -0.15) is 5.10 Å². The van der Waals surface area contributed by atoms with Crippen molar-refractivity contribution in [2.45, 2.75) is 44.9 Å². The molecular weight excluding hydrogens is 370 g/mol. The number of hydrazone groups is 1. The van der Waals surface area contributed by atoms with E-state index in [1.165, 1.54) is 45.6 Å². The first-order chi connectivity index (χ1) is 13.9. The van der Waals surface area contributed by atoms with Gasteiger partial charge in [-0.3, -0.25) is 9.59 Å². The van der Waals surface area contributed by atoms with E-state index in [1.807, 2.05) is 0 Å². The van der Waals surface area contributed by atoms with Crippen LogP contribution in [0.5, 0.6) is 11.5 Å². The molecule has 0 unspecified atom stereocenters. The monoisotopic (exact) mass is 399 g/mol. The van der Waals surface area contributed by atoms with Gasteiger partial charge < -0.3 is 15.2 Å². The maximum atomic E-state index is 12.5. The highest BCUT2D eigenvalue weighted by atomic mass is 16.5. The third kappa shape index (κ3) is 4.54. The summed E-state index contributed by atoms with van der Waals surface area (Å²) in [6.45, 7) is -0.218. The minimum Gasteiger partial charge on any atom is -0.493 e. The molecule has 0 radical (unpaired) electrons. The summed E-state index contributed by atoms with van der Waals surface area (Å²) in [6, 6.07) is 5.18. The number of amides is 2. The van der Waals surface area contributed by atoms with Crippen LogP contribution >= 0.6 is 0 Å². The summed E-state index contributed by atoms with van der Waals surface area (Å²) in [5.41, 5.74) is 8.75. The van der Waals surface area contributed by atoms with Gasteiger partial charge in [0.05, 0.1) is 13.3 Å². The first-order valence-electron chi connectivity index (χ1n) is 10.4. The fraction of sp³-hybridized carbons (Fsp3) is 0.591. The number of benzene rings is 1. The van der Waals surface area contributed by atoms with Gasteiger partial charge in [0.2, 0.25) is 5.91 Å². The van der Waals surface area contributed by atoms with Gasteiger partial charge in [0.1, 0.15) is 0 Å². The molecule has 0 heterocycles. The van der Waals surface area contributed by atoms with Crippen molar-refractivity contribution in [3.63, 3.8) is 0 Å². The lowest BCUT2D eigenvalue weighted by Gasteiger charge is -2.56. The van der Waals surface area contributed by atoms with Crippen molar-refractivity contribution < 1.29 is 19.1 Å². The summed E-state index contributed by atoms with van der Waals surface area (Å²) in [6.07, 6.45) is 9.91. The Morgan fingerprint density at radius 2 is 1.83 bits per heavy atom. The fourth-order valence-corrected chi connectivity index (χ4v) is 6.10. The lowest BCUT2D eigenvalue weighted by Crippen LogP contribution is -2.47. The van der Waals surface area contributed by atoms with Crippen LogP contribution in [0.2, 0.25) is 0 Å². The number of hydrogen-bond acceptors (Lipinski definition) is 5. The summed E-state index contributed by atoms with van der Waals surface area (Å²) in [5.74, 6) is 2.83. The van der Waals surface area contributed by atoms with Crippen molar-refractivity contribution >= 4 is 18.0 Å². The Bertz CT molecular complexity index is 785. The normalized spacial score (nSPS) is 29.8. The van der Waals surface area contributed by atoms with Crippen molar-refractivity contribution in [3.05, 3.63) is 23.8 Å². The van der Waals surface area contributed by atoms with E-state index in [0.29, 0.717) is 17.9 Å². The third-order valence-corrected chi connectivity index (χ3v) is 6.66. The quantitative estimate of drug-likeness (QED) is 0.518. The summed E-state index contributed by atoms with van der Waals surface area (Å²) in [4.78, 5) is 23.4. The first-order valence-corrected chi connectivity index (χ1v) is 10.4. The SMILES string of the molecule is COc1cc(/C=N\NC(=O)CC23CC4CC(CC(C4)C2)C3)ccc1OCC(N)=O. The van der Waals surface area contributed by atoms with Crippen LogP contribution in [0.25, 0.3) is 0 Å². The van der Waals surface area contributed by atoms with Gasteiger partial charge in [-0.05, 0) is 85.5 Å². The van der Waals surface area contributed by atoms with Crippen molar-refractivity contribution in [1.82, 2.24) is 5.43 Å². The molecule has 0 aromatic heterocycles. The molecular formula is C22H29N3O4. The molecule has 4 fully saturated rings. The molecule has 0 aliphatic heterocycles. The lowest BCUT2D eigenvalue weighted by molar-refractivity contribution is -0.129. The molecule has 5 rings (SSSR count). The minimum atomic E-state index is -0.556. The Morgan fingerprint density at radius 1 is 1.17 bits per heavy atom. The zero-order valence-electron chi connectivity index (χ0n) is 16.9. The molecule has 4 aliphatic carbocycles. The van der Waals surface area contributed by atoms with Crippen LogP contribution in [-0.2, 0) is 9.59 Å². The second kappa shape index (κ2) is 8.05. The van der Waals surface area contributed by atoms with E-state index < -0.39 is 5.91 Å². The highest BCUT2D eigenvalue weighted by Crippen LogP contribution is 2.61. The molecule has 7 nitrogen and oxygen atoms in total. The molecule has 1 aromatic rings. The standard InChI is InChI=1S/C22H29N3O4/c1-28-19-7-14(2-3-18(19)29-13-20(23)26)12-24-25-21(27)11-22-8-15-4-16(9-22)6-17(5-15)10-22/h2-3,7,12,15-17H,4-6,8-11,13H2,1H3,(H2,23,26)(H,25,27)/b24-12-. The van der Waals surface area contributed by atoms with Gasteiger partial charge in [0.15, 0.2) is 18.1 Å². The Balaban J connectivity index is 1.33. The average Bonchev–Trinajstić information content (AvgIpc) is 2.65. The van der Waals surface area contributed by atoms with Crippen LogP contribution in [0.1, 0.15) is 50.5 Å². The Kier molecular flexibility index (Phi) is 5.48. The van der Waals surface area contributed by atoms with Crippen LogP contribution in [0.4, 0.5) is 0 Å². The lowest BCUT2D eigenvalue weighted by atomic mass is 9.49. The smallest absolute Gasteiger partial charge is 0.255 e. The number of ether oxygens (including phenoxy) is 2. The fourth-order valence-electron chi connectivity index (χ4n) is 6.10. The molecule has 4 saturated carbocycles. The van der Waals surface area contributed by atoms with E-state index in [4.69, 9.17) is 15.2 Å².